The zero-order valence-corrected chi connectivity index (χ0v) is 14.8. The number of alkyl halides is 3. The fourth-order valence-corrected chi connectivity index (χ4v) is 2.72. The van der Waals surface area contributed by atoms with E-state index in [1.165, 1.54) is 18.2 Å². The summed E-state index contributed by atoms with van der Waals surface area (Å²) in [7, 11) is 0. The second kappa shape index (κ2) is 7.71. The van der Waals surface area contributed by atoms with Crippen LogP contribution >= 0.6 is 0 Å². The zero-order chi connectivity index (χ0) is 20.3. The molecule has 0 radical (unpaired) electrons. The van der Waals surface area contributed by atoms with Crippen molar-refractivity contribution in [3.8, 4) is 5.75 Å². The van der Waals surface area contributed by atoms with Crippen LogP contribution in [0, 0.1) is 0 Å². The van der Waals surface area contributed by atoms with E-state index >= 15 is 0 Å². The second-order valence-corrected chi connectivity index (χ2v) is 5.82. The highest BCUT2D eigenvalue weighted by atomic mass is 19.4. The molecule has 2 aromatic carbocycles. The van der Waals surface area contributed by atoms with Crippen molar-refractivity contribution in [1.29, 1.82) is 0 Å². The highest BCUT2D eigenvalue weighted by Crippen LogP contribution is 2.27. The minimum atomic E-state index is -4.93. The van der Waals surface area contributed by atoms with Crippen molar-refractivity contribution in [2.75, 3.05) is 11.9 Å². The number of hydrogen-bond donors (Lipinski definition) is 1. The van der Waals surface area contributed by atoms with E-state index in [0.717, 1.165) is 4.57 Å². The summed E-state index contributed by atoms with van der Waals surface area (Å²) in [6.45, 7) is 1.54. The molecule has 0 aliphatic heterocycles. The Hall–Kier alpha value is -3.36. The SMILES string of the molecule is CCOc1ccccc1NC(=O)Cn1c(=O)c(C(F)(F)F)nc2ccccc21. The Morgan fingerprint density at radius 1 is 1.14 bits per heavy atom. The first-order valence-corrected chi connectivity index (χ1v) is 8.39. The van der Waals surface area contributed by atoms with Gasteiger partial charge in [-0.15, -0.1) is 0 Å². The van der Waals surface area contributed by atoms with Gasteiger partial charge in [-0.3, -0.25) is 14.2 Å². The van der Waals surface area contributed by atoms with Crippen molar-refractivity contribution in [2.24, 2.45) is 0 Å². The van der Waals surface area contributed by atoms with Crippen LogP contribution in [0.2, 0.25) is 0 Å². The largest absolute Gasteiger partial charge is 0.492 e. The lowest BCUT2D eigenvalue weighted by Gasteiger charge is -2.15. The fraction of sp³-hybridized carbons (Fsp3) is 0.211. The van der Waals surface area contributed by atoms with Crippen molar-refractivity contribution < 1.29 is 22.7 Å². The number of rotatable bonds is 5. The third-order valence-electron chi connectivity index (χ3n) is 3.88. The first kappa shape index (κ1) is 19.4. The average molecular weight is 391 g/mol. The minimum absolute atomic E-state index is 0.0306. The number of carbonyl (C=O) groups is 1. The Kier molecular flexibility index (Phi) is 5.34. The lowest BCUT2D eigenvalue weighted by atomic mass is 10.2. The van der Waals surface area contributed by atoms with E-state index in [2.05, 4.69) is 10.3 Å². The van der Waals surface area contributed by atoms with Gasteiger partial charge in [0.15, 0.2) is 0 Å². The van der Waals surface area contributed by atoms with Gasteiger partial charge in [-0.25, -0.2) is 4.98 Å². The maximum absolute atomic E-state index is 13.2. The van der Waals surface area contributed by atoms with Crippen LogP contribution in [0.3, 0.4) is 0 Å². The number of nitrogens with zero attached hydrogens (tertiary/aromatic N) is 2. The zero-order valence-electron chi connectivity index (χ0n) is 14.8. The molecule has 3 aromatic rings. The lowest BCUT2D eigenvalue weighted by Crippen LogP contribution is -2.34. The van der Waals surface area contributed by atoms with E-state index in [9.17, 15) is 22.8 Å². The first-order valence-electron chi connectivity index (χ1n) is 8.39. The molecule has 6 nitrogen and oxygen atoms in total. The molecule has 0 aliphatic rings. The van der Waals surface area contributed by atoms with Crippen LogP contribution in [-0.2, 0) is 17.5 Å². The molecule has 0 bridgehead atoms. The lowest BCUT2D eigenvalue weighted by molar-refractivity contribution is -0.142. The summed E-state index contributed by atoms with van der Waals surface area (Å²) in [5.41, 5.74) is -2.48. The number of ether oxygens (including phenoxy) is 1. The number of benzene rings is 2. The third-order valence-corrected chi connectivity index (χ3v) is 3.88. The maximum atomic E-state index is 13.2. The number of carbonyl (C=O) groups excluding carboxylic acids is 1. The molecule has 3 rings (SSSR count). The Bertz CT molecular complexity index is 1080. The maximum Gasteiger partial charge on any atom is 0.438 e. The van der Waals surface area contributed by atoms with E-state index in [1.54, 1.807) is 37.3 Å². The second-order valence-electron chi connectivity index (χ2n) is 5.82. The van der Waals surface area contributed by atoms with Crippen LogP contribution in [0.5, 0.6) is 5.75 Å². The number of anilines is 1. The molecule has 1 aromatic heterocycles. The number of hydrogen-bond acceptors (Lipinski definition) is 4. The summed E-state index contributed by atoms with van der Waals surface area (Å²) in [5, 5.41) is 2.57. The topological polar surface area (TPSA) is 73.2 Å². The Morgan fingerprint density at radius 3 is 2.54 bits per heavy atom. The van der Waals surface area contributed by atoms with Crippen LogP contribution in [0.25, 0.3) is 11.0 Å². The van der Waals surface area contributed by atoms with Gasteiger partial charge in [-0.05, 0) is 31.2 Å². The number of aromatic nitrogens is 2. The normalized spacial score (nSPS) is 11.4. The Balaban J connectivity index is 1.99. The molecule has 1 N–H and O–H groups in total. The van der Waals surface area contributed by atoms with Gasteiger partial charge in [0.05, 0.1) is 23.3 Å². The highest BCUT2D eigenvalue weighted by Gasteiger charge is 2.37. The molecule has 146 valence electrons. The van der Waals surface area contributed by atoms with Gasteiger partial charge in [-0.1, -0.05) is 24.3 Å². The van der Waals surface area contributed by atoms with Crippen LogP contribution in [0.4, 0.5) is 18.9 Å². The molecule has 0 atom stereocenters. The van der Waals surface area contributed by atoms with E-state index < -0.39 is 29.9 Å². The monoisotopic (exact) mass is 391 g/mol. The molecule has 28 heavy (non-hydrogen) atoms. The first-order chi connectivity index (χ1) is 13.3. The summed E-state index contributed by atoms with van der Waals surface area (Å²) in [6, 6.07) is 12.5. The van der Waals surface area contributed by atoms with Crippen LogP contribution < -0.4 is 15.6 Å². The van der Waals surface area contributed by atoms with E-state index in [-0.39, 0.29) is 11.0 Å². The van der Waals surface area contributed by atoms with E-state index in [4.69, 9.17) is 4.74 Å². The molecule has 1 heterocycles. The van der Waals surface area contributed by atoms with Gasteiger partial charge in [-0.2, -0.15) is 13.2 Å². The Morgan fingerprint density at radius 2 is 1.82 bits per heavy atom. The molecule has 1 amide bonds. The number of amides is 1. The molecular formula is C19H16F3N3O3. The van der Waals surface area contributed by atoms with Gasteiger partial charge in [0.25, 0.3) is 5.56 Å². The number of nitrogens with one attached hydrogen (secondary N) is 1. The van der Waals surface area contributed by atoms with Crippen LogP contribution in [0.1, 0.15) is 12.6 Å². The molecule has 0 spiro atoms. The standard InChI is InChI=1S/C19H16F3N3O3/c1-2-28-15-10-6-4-8-13(15)23-16(26)11-25-14-9-5-3-7-12(14)24-17(18(25)27)19(20,21)22/h3-10H,2,11H2,1H3,(H,23,26). The summed E-state index contributed by atoms with van der Waals surface area (Å²) in [5.74, 6) is -0.250. The minimum Gasteiger partial charge on any atom is -0.492 e. The highest BCUT2D eigenvalue weighted by molar-refractivity contribution is 5.93. The van der Waals surface area contributed by atoms with E-state index in [0.29, 0.717) is 18.0 Å². The average Bonchev–Trinajstić information content (AvgIpc) is 2.64. The summed E-state index contributed by atoms with van der Waals surface area (Å²) >= 11 is 0. The van der Waals surface area contributed by atoms with Gasteiger partial charge < -0.3 is 10.1 Å². The predicted molar refractivity (Wildman–Crippen MR) is 97.2 cm³/mol. The predicted octanol–water partition coefficient (Wildman–Crippen LogP) is 3.45. The number of halogens is 3. The van der Waals surface area contributed by atoms with Gasteiger partial charge in [0.2, 0.25) is 11.6 Å². The van der Waals surface area contributed by atoms with E-state index in [1.807, 2.05) is 0 Å². The van der Waals surface area contributed by atoms with Crippen molar-refractivity contribution in [3.05, 3.63) is 64.6 Å². The third kappa shape index (κ3) is 3.98. The van der Waals surface area contributed by atoms with Crippen molar-refractivity contribution >= 4 is 22.6 Å². The summed E-state index contributed by atoms with van der Waals surface area (Å²) in [6.07, 6.45) is -4.93. The van der Waals surface area contributed by atoms with Crippen molar-refractivity contribution in [2.45, 2.75) is 19.6 Å². The van der Waals surface area contributed by atoms with Gasteiger partial charge in [0.1, 0.15) is 12.3 Å². The molecule has 0 saturated heterocycles. The summed E-state index contributed by atoms with van der Waals surface area (Å²) < 4.78 is 45.7. The Labute approximate surface area is 157 Å². The van der Waals surface area contributed by atoms with Crippen molar-refractivity contribution in [1.82, 2.24) is 9.55 Å². The molecule has 0 unspecified atom stereocenters. The fourth-order valence-electron chi connectivity index (χ4n) is 2.72. The smallest absolute Gasteiger partial charge is 0.438 e. The van der Waals surface area contributed by atoms with Gasteiger partial charge in [0, 0.05) is 0 Å². The molecular weight excluding hydrogens is 375 g/mol. The molecule has 0 aliphatic carbocycles. The van der Waals surface area contributed by atoms with Crippen LogP contribution in [0.15, 0.2) is 53.3 Å². The summed E-state index contributed by atoms with van der Waals surface area (Å²) in [4.78, 5) is 28.3. The number of fused-ring (bicyclic) bond motifs is 1. The number of para-hydroxylation sites is 4. The van der Waals surface area contributed by atoms with Crippen LogP contribution in [-0.4, -0.2) is 22.1 Å². The molecule has 9 heteroatoms. The quantitative estimate of drug-likeness (QED) is 0.723. The van der Waals surface area contributed by atoms with Crippen molar-refractivity contribution in [3.63, 3.8) is 0 Å². The molecule has 0 fully saturated rings. The molecule has 0 saturated carbocycles. The van der Waals surface area contributed by atoms with Gasteiger partial charge >= 0.3 is 6.18 Å².